The van der Waals surface area contributed by atoms with E-state index < -0.39 is 0 Å². The summed E-state index contributed by atoms with van der Waals surface area (Å²) in [5.41, 5.74) is 8.70. The summed E-state index contributed by atoms with van der Waals surface area (Å²) in [4.78, 5) is 16.5. The summed E-state index contributed by atoms with van der Waals surface area (Å²) in [5.74, 6) is 0. The fraction of sp³-hybridized carbons (Fsp3) is 0.269. The van der Waals surface area contributed by atoms with Gasteiger partial charge in [-0.3, -0.25) is 19.9 Å². The first-order chi connectivity index (χ1) is 14.8. The lowest BCUT2D eigenvalue weighted by molar-refractivity contribution is 0.331. The standard InChI is InChI=1S/C26H26N4/c1-19-5-4-6-24(29-19)26-23(12-14-28-26)22-11-13-27-25(17-22)21-9-7-20(8-10-21)18-30-15-2-3-16-30/h4-13,17H,2-3,14-16,18H2,1H3. The van der Waals surface area contributed by atoms with Crippen molar-refractivity contribution in [3.8, 4) is 11.3 Å². The first-order valence-corrected chi connectivity index (χ1v) is 10.7. The third-order valence-corrected chi connectivity index (χ3v) is 5.86. The zero-order valence-corrected chi connectivity index (χ0v) is 17.4. The van der Waals surface area contributed by atoms with Crippen LogP contribution >= 0.6 is 0 Å². The van der Waals surface area contributed by atoms with Gasteiger partial charge in [-0.05, 0) is 68.2 Å². The molecule has 0 amide bonds. The molecule has 0 unspecified atom stereocenters. The number of aromatic nitrogens is 2. The maximum absolute atomic E-state index is 4.70. The number of benzene rings is 1. The smallest absolute Gasteiger partial charge is 0.0910 e. The van der Waals surface area contributed by atoms with Gasteiger partial charge in [-0.15, -0.1) is 0 Å². The summed E-state index contributed by atoms with van der Waals surface area (Å²) >= 11 is 0. The minimum Gasteiger partial charge on any atom is -0.299 e. The van der Waals surface area contributed by atoms with Gasteiger partial charge in [0.1, 0.15) is 0 Å². The van der Waals surface area contributed by atoms with Gasteiger partial charge in [-0.1, -0.05) is 36.4 Å². The maximum Gasteiger partial charge on any atom is 0.0910 e. The molecule has 1 saturated heterocycles. The largest absolute Gasteiger partial charge is 0.299 e. The Hall–Kier alpha value is -3.11. The molecule has 3 aromatic rings. The molecular formula is C26H26N4. The summed E-state index contributed by atoms with van der Waals surface area (Å²) in [5, 5.41) is 0. The van der Waals surface area contributed by atoms with E-state index in [4.69, 9.17) is 4.99 Å². The van der Waals surface area contributed by atoms with Crippen molar-refractivity contribution in [2.45, 2.75) is 26.3 Å². The zero-order valence-electron chi connectivity index (χ0n) is 17.4. The van der Waals surface area contributed by atoms with Crippen molar-refractivity contribution in [2.75, 3.05) is 19.6 Å². The second kappa shape index (κ2) is 8.33. The molecular weight excluding hydrogens is 368 g/mol. The molecule has 0 N–H and O–H groups in total. The molecule has 2 aliphatic heterocycles. The Kier molecular flexibility index (Phi) is 5.24. The second-order valence-corrected chi connectivity index (χ2v) is 8.08. The monoisotopic (exact) mass is 394 g/mol. The quantitative estimate of drug-likeness (QED) is 0.616. The van der Waals surface area contributed by atoms with E-state index in [0.717, 1.165) is 46.0 Å². The van der Waals surface area contributed by atoms with Crippen LogP contribution in [-0.2, 0) is 6.54 Å². The lowest BCUT2D eigenvalue weighted by atomic mass is 9.98. The number of hydrogen-bond donors (Lipinski definition) is 0. The molecule has 0 spiro atoms. The van der Waals surface area contributed by atoms with Gasteiger partial charge in [0.05, 0.1) is 23.6 Å². The Balaban J connectivity index is 1.38. The van der Waals surface area contributed by atoms with Crippen LogP contribution in [-0.4, -0.2) is 40.2 Å². The van der Waals surface area contributed by atoms with Gasteiger partial charge in [0.2, 0.25) is 0 Å². The van der Waals surface area contributed by atoms with Crippen LogP contribution in [0.15, 0.2) is 71.9 Å². The van der Waals surface area contributed by atoms with Gasteiger partial charge >= 0.3 is 0 Å². The Labute approximate surface area is 178 Å². The van der Waals surface area contributed by atoms with E-state index in [0.29, 0.717) is 6.54 Å². The van der Waals surface area contributed by atoms with E-state index in [1.165, 1.54) is 31.5 Å². The fourth-order valence-corrected chi connectivity index (χ4v) is 4.29. The van der Waals surface area contributed by atoms with Crippen molar-refractivity contribution in [3.05, 3.63) is 89.4 Å². The first-order valence-electron chi connectivity index (χ1n) is 10.7. The summed E-state index contributed by atoms with van der Waals surface area (Å²) in [7, 11) is 0. The van der Waals surface area contributed by atoms with Gasteiger partial charge < -0.3 is 0 Å². The predicted molar refractivity (Wildman–Crippen MR) is 123 cm³/mol. The minimum atomic E-state index is 0.698. The Bertz CT molecular complexity index is 1110. The maximum atomic E-state index is 4.70. The van der Waals surface area contributed by atoms with Crippen molar-refractivity contribution in [2.24, 2.45) is 4.99 Å². The van der Waals surface area contributed by atoms with E-state index in [2.05, 4.69) is 57.3 Å². The molecule has 0 aliphatic carbocycles. The lowest BCUT2D eigenvalue weighted by Crippen LogP contribution is -2.18. The Morgan fingerprint density at radius 1 is 0.900 bits per heavy atom. The van der Waals surface area contributed by atoms with Crippen molar-refractivity contribution in [3.63, 3.8) is 0 Å². The normalized spacial score (nSPS) is 16.6. The van der Waals surface area contributed by atoms with Crippen molar-refractivity contribution < 1.29 is 0 Å². The van der Waals surface area contributed by atoms with Gasteiger partial charge in [0.15, 0.2) is 0 Å². The van der Waals surface area contributed by atoms with Crippen LogP contribution in [0.1, 0.15) is 35.4 Å². The minimum absolute atomic E-state index is 0.698. The Morgan fingerprint density at radius 2 is 1.73 bits per heavy atom. The van der Waals surface area contributed by atoms with Crippen molar-refractivity contribution in [1.29, 1.82) is 0 Å². The highest BCUT2D eigenvalue weighted by molar-refractivity contribution is 6.32. The van der Waals surface area contributed by atoms with Gasteiger partial charge in [0, 0.05) is 29.6 Å². The predicted octanol–water partition coefficient (Wildman–Crippen LogP) is 4.93. The van der Waals surface area contributed by atoms with Gasteiger partial charge in [-0.25, -0.2) is 0 Å². The molecule has 0 bridgehead atoms. The highest BCUT2D eigenvalue weighted by atomic mass is 15.1. The molecule has 0 atom stereocenters. The fourth-order valence-electron chi connectivity index (χ4n) is 4.29. The zero-order chi connectivity index (χ0) is 20.3. The number of pyridine rings is 2. The lowest BCUT2D eigenvalue weighted by Gasteiger charge is -2.14. The number of aliphatic imine (C=N–C) groups is 1. The molecule has 1 fully saturated rings. The molecule has 2 aliphatic rings. The van der Waals surface area contributed by atoms with Crippen LogP contribution < -0.4 is 0 Å². The summed E-state index contributed by atoms with van der Waals surface area (Å²) in [6.45, 7) is 6.20. The van der Waals surface area contributed by atoms with Crippen LogP contribution in [0, 0.1) is 6.92 Å². The molecule has 4 nitrogen and oxygen atoms in total. The Morgan fingerprint density at radius 3 is 2.53 bits per heavy atom. The number of allylic oxidation sites excluding steroid dienone is 1. The molecule has 1 aromatic carbocycles. The van der Waals surface area contributed by atoms with E-state index in [1.807, 2.05) is 31.3 Å². The number of likely N-dealkylation sites (tertiary alicyclic amines) is 1. The molecule has 0 radical (unpaired) electrons. The number of aryl methyl sites for hydroxylation is 1. The van der Waals surface area contributed by atoms with Gasteiger partial charge in [0.25, 0.3) is 0 Å². The van der Waals surface area contributed by atoms with Crippen LogP contribution in [0.25, 0.3) is 16.8 Å². The van der Waals surface area contributed by atoms with E-state index >= 15 is 0 Å². The molecule has 5 rings (SSSR count). The highest BCUT2D eigenvalue weighted by Gasteiger charge is 2.18. The number of rotatable bonds is 5. The number of hydrogen-bond acceptors (Lipinski definition) is 4. The third kappa shape index (κ3) is 3.96. The van der Waals surface area contributed by atoms with E-state index in [9.17, 15) is 0 Å². The molecule has 4 heterocycles. The molecule has 4 heteroatoms. The number of nitrogens with zero attached hydrogens (tertiary/aromatic N) is 4. The average molecular weight is 395 g/mol. The molecule has 30 heavy (non-hydrogen) atoms. The van der Waals surface area contributed by atoms with E-state index in [-0.39, 0.29) is 0 Å². The highest BCUT2D eigenvalue weighted by Crippen LogP contribution is 2.27. The topological polar surface area (TPSA) is 41.4 Å². The van der Waals surface area contributed by atoms with Crippen LogP contribution in [0.5, 0.6) is 0 Å². The van der Waals surface area contributed by atoms with Crippen molar-refractivity contribution >= 4 is 11.3 Å². The van der Waals surface area contributed by atoms with E-state index in [1.54, 1.807) is 0 Å². The molecule has 150 valence electrons. The van der Waals surface area contributed by atoms with Crippen LogP contribution in [0.2, 0.25) is 0 Å². The summed E-state index contributed by atoms with van der Waals surface area (Å²) in [6, 6.07) is 19.2. The average Bonchev–Trinajstić information content (AvgIpc) is 3.47. The van der Waals surface area contributed by atoms with Crippen LogP contribution in [0.3, 0.4) is 0 Å². The summed E-state index contributed by atoms with van der Waals surface area (Å²) in [6.07, 6.45) is 6.73. The second-order valence-electron chi connectivity index (χ2n) is 8.08. The third-order valence-electron chi connectivity index (χ3n) is 5.86. The summed E-state index contributed by atoms with van der Waals surface area (Å²) < 4.78 is 0. The van der Waals surface area contributed by atoms with Gasteiger partial charge in [-0.2, -0.15) is 0 Å². The van der Waals surface area contributed by atoms with Crippen LogP contribution in [0.4, 0.5) is 0 Å². The molecule has 0 saturated carbocycles. The van der Waals surface area contributed by atoms with Crippen molar-refractivity contribution in [1.82, 2.24) is 14.9 Å². The molecule has 2 aromatic heterocycles. The SMILES string of the molecule is Cc1cccc(C2=NCC=C2c2ccnc(-c3ccc(CN4CCCC4)cc3)c2)n1. The first kappa shape index (κ1) is 18.9.